The maximum absolute atomic E-state index is 11.4. The lowest BCUT2D eigenvalue weighted by Crippen LogP contribution is -2.74. The van der Waals surface area contributed by atoms with Crippen LogP contribution in [0.25, 0.3) is 0 Å². The van der Waals surface area contributed by atoms with Crippen molar-refractivity contribution in [2.75, 3.05) is 6.61 Å². The molecule has 88 valence electrons. The van der Waals surface area contributed by atoms with Crippen molar-refractivity contribution in [3.63, 3.8) is 0 Å². The molecule has 3 saturated carbocycles. The van der Waals surface area contributed by atoms with Crippen LogP contribution in [0.2, 0.25) is 0 Å². The molecule has 0 heterocycles. The number of carbonyl (C=O) groups excluding carboxylic acids is 1. The molecule has 4 heteroatoms. The number of hydrogen-bond donors (Lipinski definition) is 1. The monoisotopic (exact) mass is 222 g/mol. The quantitative estimate of drug-likeness (QED) is 0.726. The fraction of sp³-hybridized carbons (Fsp3) is 0.833. The van der Waals surface area contributed by atoms with Gasteiger partial charge in [-0.2, -0.15) is 5.26 Å². The Kier molecular flexibility index (Phi) is 2.79. The van der Waals surface area contributed by atoms with Gasteiger partial charge in [-0.3, -0.25) is 0 Å². The smallest absolute Gasteiger partial charge is 0.407 e. The summed E-state index contributed by atoms with van der Waals surface area (Å²) < 4.78 is 5.06. The normalized spacial score (nSPS) is 34.2. The number of ether oxygens (including phenoxy) is 1. The number of carbonyl (C=O) groups is 1. The highest BCUT2D eigenvalue weighted by Gasteiger charge is 2.68. The molecule has 4 nitrogen and oxygen atoms in total. The molecular weight excluding hydrogens is 204 g/mol. The summed E-state index contributed by atoms with van der Waals surface area (Å²) in [5.41, 5.74) is 0.200. The van der Waals surface area contributed by atoms with Gasteiger partial charge in [0.05, 0.1) is 12.7 Å². The Morgan fingerprint density at radius 2 is 2.19 bits per heavy atom. The summed E-state index contributed by atoms with van der Waals surface area (Å²) in [5.74, 6) is 0. The molecule has 3 aliphatic rings. The fourth-order valence-corrected chi connectivity index (χ4v) is 3.05. The Labute approximate surface area is 96.0 Å². The van der Waals surface area contributed by atoms with Crippen LogP contribution in [0.5, 0.6) is 0 Å². The van der Waals surface area contributed by atoms with Crippen LogP contribution < -0.4 is 5.32 Å². The van der Waals surface area contributed by atoms with Crippen molar-refractivity contribution in [3.05, 3.63) is 0 Å². The number of alkyl carbamates (subject to hydrolysis) is 1. The summed E-state index contributed by atoms with van der Waals surface area (Å²) in [4.78, 5) is 11.4. The maximum atomic E-state index is 11.4. The molecule has 3 fully saturated rings. The molecule has 0 saturated heterocycles. The zero-order valence-electron chi connectivity index (χ0n) is 9.71. The lowest BCUT2D eigenvalue weighted by atomic mass is 9.38. The third kappa shape index (κ3) is 1.87. The lowest BCUT2D eigenvalue weighted by Gasteiger charge is -2.69. The van der Waals surface area contributed by atoms with Crippen LogP contribution in [0.3, 0.4) is 0 Å². The topological polar surface area (TPSA) is 62.1 Å². The number of hydrogen-bond acceptors (Lipinski definition) is 3. The Balaban J connectivity index is 1.66. The average molecular weight is 222 g/mol. The van der Waals surface area contributed by atoms with Crippen molar-refractivity contribution < 1.29 is 9.53 Å². The number of nitrogens with one attached hydrogen (secondary N) is 1. The molecule has 2 bridgehead atoms. The molecule has 3 rings (SSSR count). The highest BCUT2D eigenvalue weighted by atomic mass is 16.5. The predicted molar refractivity (Wildman–Crippen MR) is 58.6 cm³/mol. The van der Waals surface area contributed by atoms with Crippen LogP contribution in [0.15, 0.2) is 0 Å². The number of nitrogens with zero attached hydrogens (tertiary/aromatic N) is 1. The van der Waals surface area contributed by atoms with Gasteiger partial charge in [-0.05, 0) is 31.1 Å². The van der Waals surface area contributed by atoms with Crippen LogP contribution in [0, 0.1) is 16.7 Å². The number of amides is 1. The van der Waals surface area contributed by atoms with Gasteiger partial charge in [0, 0.05) is 12.0 Å². The van der Waals surface area contributed by atoms with Crippen molar-refractivity contribution in [1.82, 2.24) is 5.32 Å². The second-order valence-corrected chi connectivity index (χ2v) is 5.26. The first-order chi connectivity index (χ1) is 7.64. The van der Waals surface area contributed by atoms with Crippen molar-refractivity contribution in [1.29, 1.82) is 5.26 Å². The molecule has 0 atom stereocenters. The lowest BCUT2D eigenvalue weighted by molar-refractivity contribution is -0.145. The van der Waals surface area contributed by atoms with Crippen LogP contribution in [-0.4, -0.2) is 18.2 Å². The van der Waals surface area contributed by atoms with Crippen LogP contribution >= 0.6 is 0 Å². The summed E-state index contributed by atoms with van der Waals surface area (Å²) in [6, 6.07) is 2.22. The number of nitriles is 1. The number of rotatable bonds is 5. The second kappa shape index (κ2) is 3.97. The minimum Gasteiger partial charge on any atom is -0.450 e. The van der Waals surface area contributed by atoms with Crippen molar-refractivity contribution in [2.45, 2.75) is 51.0 Å². The van der Waals surface area contributed by atoms with Gasteiger partial charge in [-0.25, -0.2) is 4.79 Å². The van der Waals surface area contributed by atoms with Gasteiger partial charge < -0.3 is 10.1 Å². The Morgan fingerprint density at radius 3 is 2.75 bits per heavy atom. The van der Waals surface area contributed by atoms with Gasteiger partial charge in [-0.1, -0.05) is 13.3 Å². The first kappa shape index (κ1) is 11.3. The minimum atomic E-state index is -0.293. The van der Waals surface area contributed by atoms with E-state index in [9.17, 15) is 4.79 Å². The van der Waals surface area contributed by atoms with Crippen molar-refractivity contribution in [3.8, 4) is 6.07 Å². The maximum Gasteiger partial charge on any atom is 0.407 e. The third-order valence-corrected chi connectivity index (χ3v) is 3.69. The SMILES string of the molecule is CCCCOC(=O)NC12CC(CC#N)(C1)C2. The molecule has 16 heavy (non-hydrogen) atoms. The molecule has 0 aromatic rings. The molecular formula is C12H18N2O2. The average Bonchev–Trinajstić information content (AvgIpc) is 2.13. The zero-order chi connectivity index (χ0) is 11.6. The summed E-state index contributed by atoms with van der Waals surface area (Å²) in [6.07, 6.45) is 5.14. The van der Waals surface area contributed by atoms with E-state index in [0.29, 0.717) is 13.0 Å². The Bertz CT molecular complexity index is 313. The van der Waals surface area contributed by atoms with Crippen molar-refractivity contribution in [2.24, 2.45) is 5.41 Å². The standard InChI is InChI=1S/C12H18N2O2/c1-2-3-6-16-10(15)14-12-7-11(8-12,9-12)4-5-13/h2-4,6-9H2,1H3,(H,14,15). The molecule has 3 aliphatic carbocycles. The highest BCUT2D eigenvalue weighted by Crippen LogP contribution is 2.68. The van der Waals surface area contributed by atoms with Gasteiger partial charge >= 0.3 is 6.09 Å². The van der Waals surface area contributed by atoms with Gasteiger partial charge in [0.2, 0.25) is 0 Å². The van der Waals surface area contributed by atoms with E-state index < -0.39 is 0 Å². The number of unbranched alkanes of at least 4 members (excludes halogenated alkanes) is 1. The van der Waals surface area contributed by atoms with E-state index in [1.54, 1.807) is 0 Å². The van der Waals surface area contributed by atoms with Gasteiger partial charge in [0.15, 0.2) is 0 Å². The summed E-state index contributed by atoms with van der Waals surface area (Å²) in [5, 5.41) is 11.6. The molecule has 0 unspecified atom stereocenters. The van der Waals surface area contributed by atoms with E-state index in [1.807, 2.05) is 0 Å². The molecule has 1 amide bonds. The van der Waals surface area contributed by atoms with E-state index in [4.69, 9.17) is 10.00 Å². The van der Waals surface area contributed by atoms with Gasteiger partial charge in [0.25, 0.3) is 0 Å². The van der Waals surface area contributed by atoms with Crippen LogP contribution in [0.4, 0.5) is 4.79 Å². The van der Waals surface area contributed by atoms with Crippen LogP contribution in [0.1, 0.15) is 45.4 Å². The minimum absolute atomic E-state index is 0.0276. The van der Waals surface area contributed by atoms with E-state index in [0.717, 1.165) is 32.1 Å². The molecule has 0 spiro atoms. The van der Waals surface area contributed by atoms with E-state index in [2.05, 4.69) is 18.3 Å². The van der Waals surface area contributed by atoms with Crippen LogP contribution in [-0.2, 0) is 4.74 Å². The summed E-state index contributed by atoms with van der Waals surface area (Å²) in [7, 11) is 0. The largest absolute Gasteiger partial charge is 0.450 e. The van der Waals surface area contributed by atoms with E-state index in [1.165, 1.54) is 0 Å². The molecule has 1 N–H and O–H groups in total. The van der Waals surface area contributed by atoms with E-state index in [-0.39, 0.29) is 17.0 Å². The predicted octanol–water partition coefficient (Wildman–Crippen LogP) is 2.35. The zero-order valence-corrected chi connectivity index (χ0v) is 9.71. The highest BCUT2D eigenvalue weighted by molar-refractivity contribution is 5.69. The van der Waals surface area contributed by atoms with Gasteiger partial charge in [-0.15, -0.1) is 0 Å². The molecule has 0 aromatic heterocycles. The fourth-order valence-electron chi connectivity index (χ4n) is 3.05. The first-order valence-electron chi connectivity index (χ1n) is 5.96. The Hall–Kier alpha value is -1.24. The van der Waals surface area contributed by atoms with Gasteiger partial charge in [0.1, 0.15) is 0 Å². The summed E-state index contributed by atoms with van der Waals surface area (Å²) in [6.45, 7) is 2.57. The third-order valence-electron chi connectivity index (χ3n) is 3.69. The van der Waals surface area contributed by atoms with Crippen molar-refractivity contribution >= 4 is 6.09 Å². The van der Waals surface area contributed by atoms with E-state index >= 15 is 0 Å². The molecule has 0 aromatic carbocycles. The Morgan fingerprint density at radius 1 is 1.50 bits per heavy atom. The first-order valence-corrected chi connectivity index (χ1v) is 5.96. The molecule has 0 radical (unpaired) electrons. The second-order valence-electron chi connectivity index (χ2n) is 5.26. The molecule has 0 aliphatic heterocycles. The summed E-state index contributed by atoms with van der Waals surface area (Å²) >= 11 is 0.